The number of hydrogen-bond acceptors (Lipinski definition) is 16. The standard InChI is InChI=1S/C35H45N3O15S/c1-23-24(2)35(51-33(22-48-25(3)40)34(23)49-26(4)41)50-31-12-9-28(20-32(31)53-54(43,44)52-29-10-7-27(21-39)8-11-29)30(42)6-5-14-45-16-18-47-19-17-46-15-13-37-38-36/h7-12,20-21,23-24,33-35H,5-6,13-19,22H2,1-4H3/t23-,24-,33-,34-,35-/m1/s1. The second-order valence-electron chi connectivity index (χ2n) is 12.0. The first kappa shape index (κ1) is 43.6. The molecule has 1 saturated heterocycles. The zero-order valence-corrected chi connectivity index (χ0v) is 31.3. The number of carbonyl (C=O) groups excluding carboxylic acids is 4. The number of carbonyl (C=O) groups is 4. The first-order valence-electron chi connectivity index (χ1n) is 17.1. The summed E-state index contributed by atoms with van der Waals surface area (Å²) in [6, 6.07) is 9.24. The highest BCUT2D eigenvalue weighted by Gasteiger charge is 2.45. The van der Waals surface area contributed by atoms with Gasteiger partial charge >= 0.3 is 22.3 Å². The Balaban J connectivity index is 1.71. The Morgan fingerprint density at radius 2 is 1.54 bits per heavy atom. The van der Waals surface area contributed by atoms with Gasteiger partial charge < -0.3 is 41.5 Å². The summed E-state index contributed by atoms with van der Waals surface area (Å²) in [6.45, 7) is 7.86. The fraction of sp³-hybridized carbons (Fsp3) is 0.543. The number of nitrogens with zero attached hydrogens (tertiary/aromatic N) is 3. The monoisotopic (exact) mass is 779 g/mol. The predicted molar refractivity (Wildman–Crippen MR) is 188 cm³/mol. The first-order valence-corrected chi connectivity index (χ1v) is 18.4. The van der Waals surface area contributed by atoms with Crippen LogP contribution in [0.25, 0.3) is 10.4 Å². The lowest BCUT2D eigenvalue weighted by Gasteiger charge is -2.43. The number of rotatable bonds is 24. The summed E-state index contributed by atoms with van der Waals surface area (Å²) in [7, 11) is -4.82. The Labute approximate surface area is 313 Å². The van der Waals surface area contributed by atoms with Gasteiger partial charge in [0, 0.05) is 61.3 Å². The van der Waals surface area contributed by atoms with Crippen molar-refractivity contribution in [3.63, 3.8) is 0 Å². The van der Waals surface area contributed by atoms with E-state index in [0.29, 0.717) is 44.7 Å². The van der Waals surface area contributed by atoms with E-state index in [2.05, 4.69) is 10.0 Å². The van der Waals surface area contributed by atoms with Gasteiger partial charge in [0.2, 0.25) is 6.29 Å². The van der Waals surface area contributed by atoms with Crippen molar-refractivity contribution in [1.29, 1.82) is 0 Å². The Hall–Kier alpha value is -4.78. The molecule has 0 radical (unpaired) electrons. The van der Waals surface area contributed by atoms with Gasteiger partial charge in [-0.1, -0.05) is 19.0 Å². The largest absolute Gasteiger partial charge is 0.501 e. The van der Waals surface area contributed by atoms with Crippen molar-refractivity contribution in [1.82, 2.24) is 0 Å². The highest BCUT2D eigenvalue weighted by molar-refractivity contribution is 7.82. The predicted octanol–water partition coefficient (Wildman–Crippen LogP) is 4.40. The van der Waals surface area contributed by atoms with E-state index < -0.39 is 46.8 Å². The minimum Gasteiger partial charge on any atom is -0.463 e. The lowest BCUT2D eigenvalue weighted by molar-refractivity contribution is -0.248. The summed E-state index contributed by atoms with van der Waals surface area (Å²) < 4.78 is 75.6. The lowest BCUT2D eigenvalue weighted by Crippen LogP contribution is -2.54. The van der Waals surface area contributed by atoms with Gasteiger partial charge in [0.1, 0.15) is 30.9 Å². The fourth-order valence-electron chi connectivity index (χ4n) is 5.09. The van der Waals surface area contributed by atoms with Crippen LogP contribution in [0.5, 0.6) is 17.2 Å². The van der Waals surface area contributed by atoms with Crippen molar-refractivity contribution in [2.45, 2.75) is 59.0 Å². The molecule has 1 aliphatic heterocycles. The summed E-state index contributed by atoms with van der Waals surface area (Å²) in [5, 5.41) is 3.36. The zero-order chi connectivity index (χ0) is 39.5. The van der Waals surface area contributed by atoms with Crippen molar-refractivity contribution in [2.75, 3.05) is 52.8 Å². The summed E-state index contributed by atoms with van der Waals surface area (Å²) in [6.07, 6.45) is -1.79. The summed E-state index contributed by atoms with van der Waals surface area (Å²) >= 11 is 0. The van der Waals surface area contributed by atoms with Crippen LogP contribution in [-0.2, 0) is 48.4 Å². The Morgan fingerprint density at radius 1 is 0.870 bits per heavy atom. The Bertz CT molecular complexity index is 1700. The molecule has 0 bridgehead atoms. The third kappa shape index (κ3) is 14.9. The first-order chi connectivity index (χ1) is 25.8. The maximum atomic E-state index is 13.2. The van der Waals surface area contributed by atoms with Crippen molar-refractivity contribution in [3.05, 3.63) is 64.0 Å². The maximum absolute atomic E-state index is 13.2. The average Bonchev–Trinajstić information content (AvgIpc) is 3.13. The molecule has 3 rings (SSSR count). The van der Waals surface area contributed by atoms with E-state index in [-0.39, 0.29) is 67.3 Å². The number of esters is 2. The van der Waals surface area contributed by atoms with Gasteiger partial charge in [0.05, 0.1) is 33.0 Å². The van der Waals surface area contributed by atoms with Crippen LogP contribution >= 0.6 is 0 Å². The topological polar surface area (TPSA) is 234 Å². The van der Waals surface area contributed by atoms with E-state index in [1.807, 2.05) is 0 Å². The minimum atomic E-state index is -4.82. The van der Waals surface area contributed by atoms with E-state index >= 15 is 0 Å². The van der Waals surface area contributed by atoms with E-state index in [1.54, 1.807) is 13.8 Å². The molecule has 1 aliphatic rings. The molecule has 0 aromatic heterocycles. The Morgan fingerprint density at radius 3 is 2.17 bits per heavy atom. The van der Waals surface area contributed by atoms with E-state index in [4.69, 9.17) is 47.1 Å². The molecule has 0 N–H and O–H groups in total. The summed E-state index contributed by atoms with van der Waals surface area (Å²) in [5.74, 6) is -2.95. The molecule has 2 aromatic rings. The number of aldehydes is 1. The van der Waals surface area contributed by atoms with Gasteiger partial charge in [0.25, 0.3) is 0 Å². The summed E-state index contributed by atoms with van der Waals surface area (Å²) in [4.78, 5) is 50.3. The molecular weight excluding hydrogens is 734 g/mol. The van der Waals surface area contributed by atoms with Crippen molar-refractivity contribution >= 4 is 34.4 Å². The van der Waals surface area contributed by atoms with Crippen LogP contribution in [0.2, 0.25) is 0 Å². The number of hydrogen-bond donors (Lipinski definition) is 0. The number of benzene rings is 2. The van der Waals surface area contributed by atoms with Crippen molar-refractivity contribution in [2.24, 2.45) is 17.0 Å². The third-order valence-electron chi connectivity index (χ3n) is 7.96. The molecule has 2 aromatic carbocycles. The maximum Gasteiger partial charge on any atom is 0.501 e. The normalized spacial score (nSPS) is 19.5. The number of ketones is 1. The van der Waals surface area contributed by atoms with Crippen LogP contribution in [0.15, 0.2) is 47.6 Å². The van der Waals surface area contributed by atoms with Crippen LogP contribution in [0.3, 0.4) is 0 Å². The third-order valence-corrected chi connectivity index (χ3v) is 8.74. The molecule has 0 spiro atoms. The molecule has 0 unspecified atom stereocenters. The second kappa shape index (κ2) is 22.4. The molecule has 5 atom stereocenters. The van der Waals surface area contributed by atoms with Crippen LogP contribution in [0, 0.1) is 11.8 Å². The number of Topliss-reactive ketones (excluding diaryl/α,β-unsaturated/α-hetero) is 1. The van der Waals surface area contributed by atoms with Gasteiger partial charge in [0.15, 0.2) is 17.3 Å². The zero-order valence-electron chi connectivity index (χ0n) is 30.5. The molecule has 296 valence electrons. The van der Waals surface area contributed by atoms with Crippen molar-refractivity contribution < 1.29 is 69.1 Å². The highest BCUT2D eigenvalue weighted by atomic mass is 32.3. The van der Waals surface area contributed by atoms with Crippen molar-refractivity contribution in [3.8, 4) is 17.2 Å². The summed E-state index contributed by atoms with van der Waals surface area (Å²) in [5.41, 5.74) is 8.63. The molecule has 1 heterocycles. The average molecular weight is 780 g/mol. The van der Waals surface area contributed by atoms with Gasteiger partial charge in [-0.2, -0.15) is 0 Å². The quantitative estimate of drug-likeness (QED) is 0.0273. The molecule has 18 nitrogen and oxygen atoms in total. The minimum absolute atomic E-state index is 0.0570. The van der Waals surface area contributed by atoms with E-state index in [0.717, 1.165) is 0 Å². The van der Waals surface area contributed by atoms with Gasteiger partial charge in [-0.05, 0) is 54.4 Å². The second-order valence-corrected chi connectivity index (χ2v) is 13.1. The fourth-order valence-corrected chi connectivity index (χ4v) is 5.82. The molecule has 1 fully saturated rings. The lowest BCUT2D eigenvalue weighted by atomic mass is 9.84. The van der Waals surface area contributed by atoms with E-state index in [1.165, 1.54) is 56.3 Å². The molecular formula is C35H45N3O15S. The molecule has 0 saturated carbocycles. The molecule has 0 amide bonds. The Kier molecular flexibility index (Phi) is 18.1. The molecule has 19 heteroatoms. The SMILES string of the molecule is CC(=O)OC[C@H]1O[C@@H](Oc2ccc(C(=O)CCCOCCOCCOCCN=[N+]=[N-])cc2OS(=O)(=O)Oc2ccc(C=O)cc2)[C@H](C)[C@@H](C)[C@H]1OC(C)=O. The molecule has 0 aliphatic carbocycles. The van der Waals surface area contributed by atoms with Crippen LogP contribution in [-0.4, -0.2) is 104 Å². The van der Waals surface area contributed by atoms with E-state index in [9.17, 15) is 27.6 Å². The number of azide groups is 1. The van der Waals surface area contributed by atoms with Crippen LogP contribution in [0.4, 0.5) is 0 Å². The smallest absolute Gasteiger partial charge is 0.463 e. The van der Waals surface area contributed by atoms with Crippen LogP contribution < -0.4 is 13.1 Å². The highest BCUT2D eigenvalue weighted by Crippen LogP contribution is 2.38. The van der Waals surface area contributed by atoms with Gasteiger partial charge in [-0.15, -0.1) is 8.42 Å². The number of ether oxygens (including phenoxy) is 7. The van der Waals surface area contributed by atoms with Crippen LogP contribution in [0.1, 0.15) is 61.3 Å². The molecule has 54 heavy (non-hydrogen) atoms. The van der Waals surface area contributed by atoms with Gasteiger partial charge in [-0.3, -0.25) is 19.2 Å². The van der Waals surface area contributed by atoms with Gasteiger partial charge in [-0.25, -0.2) is 0 Å².